The largest absolute Gasteiger partial charge is 0.357 e. The van der Waals surface area contributed by atoms with E-state index in [-0.39, 0.29) is 41.8 Å². The van der Waals surface area contributed by atoms with E-state index in [1.54, 1.807) is 0 Å². The molecule has 2 unspecified atom stereocenters. The molecule has 3 N–H and O–H groups in total. The third kappa shape index (κ3) is 9.49. The van der Waals surface area contributed by atoms with Crippen molar-refractivity contribution in [1.29, 1.82) is 0 Å². The van der Waals surface area contributed by atoms with Gasteiger partial charge in [0.05, 0.1) is 0 Å². The van der Waals surface area contributed by atoms with Crippen LogP contribution in [-0.2, 0) is 4.79 Å². The number of hydrogen-bond donors (Lipinski definition) is 3. The van der Waals surface area contributed by atoms with Gasteiger partial charge in [-0.15, -0.1) is 24.0 Å². The molecule has 24 heavy (non-hydrogen) atoms. The van der Waals surface area contributed by atoms with Crippen LogP contribution in [0.2, 0.25) is 0 Å². The van der Waals surface area contributed by atoms with Crippen LogP contribution in [0.15, 0.2) is 17.1 Å². The molecule has 0 spiro atoms. The number of halogens is 1. The zero-order chi connectivity index (χ0) is 17.1. The second-order valence-corrected chi connectivity index (χ2v) is 6.49. The van der Waals surface area contributed by atoms with Gasteiger partial charge >= 0.3 is 0 Å². The van der Waals surface area contributed by atoms with E-state index in [1.165, 1.54) is 0 Å². The number of amides is 1. The lowest BCUT2D eigenvalue weighted by Gasteiger charge is -2.30. The third-order valence-corrected chi connectivity index (χ3v) is 3.96. The van der Waals surface area contributed by atoms with E-state index in [1.807, 2.05) is 20.8 Å². The normalized spacial score (nSPS) is 21.5. The Morgan fingerprint density at radius 3 is 2.71 bits per heavy atom. The van der Waals surface area contributed by atoms with E-state index in [2.05, 4.69) is 40.0 Å². The maximum absolute atomic E-state index is 12.2. The number of carbonyl (C=O) groups is 1. The van der Waals surface area contributed by atoms with Gasteiger partial charge in [0, 0.05) is 31.1 Å². The van der Waals surface area contributed by atoms with E-state index in [4.69, 9.17) is 0 Å². The van der Waals surface area contributed by atoms with Crippen LogP contribution in [0.4, 0.5) is 0 Å². The van der Waals surface area contributed by atoms with E-state index < -0.39 is 0 Å². The van der Waals surface area contributed by atoms with Gasteiger partial charge in [-0.2, -0.15) is 0 Å². The number of carbonyl (C=O) groups excluding carboxylic acids is 1. The van der Waals surface area contributed by atoms with Crippen molar-refractivity contribution in [1.82, 2.24) is 16.0 Å². The fourth-order valence-electron chi connectivity index (χ4n) is 2.89. The number of hydrogen-bond acceptors (Lipinski definition) is 2. The Morgan fingerprint density at radius 1 is 1.33 bits per heavy atom. The molecule has 1 amide bonds. The zero-order valence-electron chi connectivity index (χ0n) is 15.6. The number of aliphatic imine (C=N–C) groups is 1. The lowest BCUT2D eigenvalue weighted by Crippen LogP contribution is -2.47. The standard InChI is InChI=1S/C18H34N4O.HI/c1-5-7-8-12-20-18(19-6-2)22-16-11-9-10-15(13-16)17(23)21-14(3)4;/h5,7,14-16H,6,8-13H2,1-4H3,(H,21,23)(H2,19,20,22);1H/b7-5+;. The van der Waals surface area contributed by atoms with Gasteiger partial charge in [-0.25, -0.2) is 0 Å². The number of rotatable bonds is 7. The molecule has 0 saturated heterocycles. The molecule has 140 valence electrons. The fraction of sp³-hybridized carbons (Fsp3) is 0.778. The molecule has 0 bridgehead atoms. The van der Waals surface area contributed by atoms with Crippen molar-refractivity contribution in [2.75, 3.05) is 13.1 Å². The molecule has 6 heteroatoms. The monoisotopic (exact) mass is 450 g/mol. The molecule has 1 rings (SSSR count). The first-order valence-electron chi connectivity index (χ1n) is 9.03. The van der Waals surface area contributed by atoms with Gasteiger partial charge in [0.1, 0.15) is 0 Å². The quantitative estimate of drug-likeness (QED) is 0.184. The summed E-state index contributed by atoms with van der Waals surface area (Å²) in [6, 6.07) is 0.535. The summed E-state index contributed by atoms with van der Waals surface area (Å²) in [6.45, 7) is 9.75. The zero-order valence-corrected chi connectivity index (χ0v) is 17.9. The van der Waals surface area contributed by atoms with Crippen molar-refractivity contribution in [3.05, 3.63) is 12.2 Å². The number of nitrogens with one attached hydrogen (secondary N) is 3. The first kappa shape index (κ1) is 23.2. The Kier molecular flexibility index (Phi) is 13.1. The first-order chi connectivity index (χ1) is 11.1. The fourth-order valence-corrected chi connectivity index (χ4v) is 2.89. The molecular weight excluding hydrogens is 415 g/mol. The summed E-state index contributed by atoms with van der Waals surface area (Å²) in [5.41, 5.74) is 0. The Bertz CT molecular complexity index is 410. The van der Waals surface area contributed by atoms with Crippen LogP contribution in [-0.4, -0.2) is 37.0 Å². The molecule has 5 nitrogen and oxygen atoms in total. The summed E-state index contributed by atoms with van der Waals surface area (Å²) in [6.07, 6.45) is 9.20. The Labute approximate surface area is 164 Å². The Morgan fingerprint density at radius 2 is 2.08 bits per heavy atom. The molecule has 0 radical (unpaired) electrons. The average Bonchev–Trinajstić information content (AvgIpc) is 2.51. The number of nitrogens with zero attached hydrogens (tertiary/aromatic N) is 1. The number of allylic oxidation sites excluding steroid dienone is 1. The summed E-state index contributed by atoms with van der Waals surface area (Å²) >= 11 is 0. The summed E-state index contributed by atoms with van der Waals surface area (Å²) in [4.78, 5) is 16.8. The molecule has 0 aromatic carbocycles. The van der Waals surface area contributed by atoms with Gasteiger partial charge in [0.15, 0.2) is 5.96 Å². The summed E-state index contributed by atoms with van der Waals surface area (Å²) in [5, 5.41) is 9.84. The van der Waals surface area contributed by atoms with Gasteiger partial charge in [-0.05, 0) is 53.4 Å². The minimum absolute atomic E-state index is 0. The Balaban J connectivity index is 0.00000529. The van der Waals surface area contributed by atoms with Crippen LogP contribution in [0.25, 0.3) is 0 Å². The van der Waals surface area contributed by atoms with Crippen LogP contribution in [0.1, 0.15) is 59.8 Å². The highest BCUT2D eigenvalue weighted by Gasteiger charge is 2.27. The molecule has 0 aromatic heterocycles. The lowest BCUT2D eigenvalue weighted by molar-refractivity contribution is -0.126. The molecule has 1 saturated carbocycles. The lowest BCUT2D eigenvalue weighted by atomic mass is 9.85. The smallest absolute Gasteiger partial charge is 0.223 e. The molecule has 0 aromatic rings. The third-order valence-electron chi connectivity index (χ3n) is 3.96. The van der Waals surface area contributed by atoms with Gasteiger partial charge < -0.3 is 16.0 Å². The molecule has 0 heterocycles. The SMILES string of the molecule is C/C=C/CCN=C(NCC)NC1CCCC(C(=O)NC(C)C)C1.I. The van der Waals surface area contributed by atoms with E-state index >= 15 is 0 Å². The first-order valence-corrected chi connectivity index (χ1v) is 9.03. The van der Waals surface area contributed by atoms with Gasteiger partial charge in [0.25, 0.3) is 0 Å². The van der Waals surface area contributed by atoms with Gasteiger partial charge in [-0.1, -0.05) is 18.6 Å². The highest BCUT2D eigenvalue weighted by molar-refractivity contribution is 14.0. The highest BCUT2D eigenvalue weighted by atomic mass is 127. The van der Waals surface area contributed by atoms with Crippen molar-refractivity contribution in [3.63, 3.8) is 0 Å². The molecule has 1 fully saturated rings. The summed E-state index contributed by atoms with van der Waals surface area (Å²) in [5.74, 6) is 1.18. The van der Waals surface area contributed by atoms with Crippen LogP contribution in [0, 0.1) is 5.92 Å². The molecular formula is C18H35IN4O. The summed E-state index contributed by atoms with van der Waals surface area (Å²) in [7, 11) is 0. The molecule has 0 aliphatic heterocycles. The van der Waals surface area contributed by atoms with Crippen LogP contribution in [0.5, 0.6) is 0 Å². The maximum Gasteiger partial charge on any atom is 0.223 e. The van der Waals surface area contributed by atoms with Gasteiger partial charge in [-0.3, -0.25) is 9.79 Å². The molecule has 1 aliphatic carbocycles. The maximum atomic E-state index is 12.2. The van der Waals surface area contributed by atoms with Crippen molar-refractivity contribution in [2.24, 2.45) is 10.9 Å². The van der Waals surface area contributed by atoms with Crippen molar-refractivity contribution in [3.8, 4) is 0 Å². The topological polar surface area (TPSA) is 65.5 Å². The van der Waals surface area contributed by atoms with E-state index in [0.717, 1.165) is 51.2 Å². The van der Waals surface area contributed by atoms with Crippen molar-refractivity contribution >= 4 is 35.8 Å². The van der Waals surface area contributed by atoms with Crippen LogP contribution < -0.4 is 16.0 Å². The van der Waals surface area contributed by atoms with Crippen molar-refractivity contribution < 1.29 is 4.79 Å². The summed E-state index contributed by atoms with van der Waals surface area (Å²) < 4.78 is 0. The van der Waals surface area contributed by atoms with Crippen LogP contribution >= 0.6 is 24.0 Å². The second-order valence-electron chi connectivity index (χ2n) is 6.49. The highest BCUT2D eigenvalue weighted by Crippen LogP contribution is 2.24. The second kappa shape index (κ2) is 13.5. The minimum atomic E-state index is 0. The van der Waals surface area contributed by atoms with Crippen molar-refractivity contribution in [2.45, 2.75) is 71.9 Å². The predicted octanol–water partition coefficient (Wildman–Crippen LogP) is 3.21. The van der Waals surface area contributed by atoms with E-state index in [9.17, 15) is 4.79 Å². The van der Waals surface area contributed by atoms with E-state index in [0.29, 0.717) is 6.04 Å². The molecule has 1 aliphatic rings. The van der Waals surface area contributed by atoms with Crippen LogP contribution in [0.3, 0.4) is 0 Å². The van der Waals surface area contributed by atoms with Gasteiger partial charge in [0.2, 0.25) is 5.91 Å². The average molecular weight is 450 g/mol. The minimum Gasteiger partial charge on any atom is -0.357 e. The number of guanidine groups is 1. The predicted molar refractivity (Wildman–Crippen MR) is 113 cm³/mol. The Hall–Kier alpha value is -0.790. The molecule has 2 atom stereocenters.